The SMILES string of the molecule is O=C(CCNc1cccc2c1CCCC2)NC1CC1. The number of rotatable bonds is 5. The van der Waals surface area contributed by atoms with E-state index in [1.807, 2.05) is 0 Å². The molecule has 2 N–H and O–H groups in total. The third-order valence-corrected chi connectivity index (χ3v) is 4.01. The summed E-state index contributed by atoms with van der Waals surface area (Å²) in [6.45, 7) is 0.731. The van der Waals surface area contributed by atoms with Crippen LogP contribution in [0.1, 0.15) is 43.2 Å². The van der Waals surface area contributed by atoms with Gasteiger partial charge in [-0.3, -0.25) is 4.79 Å². The Morgan fingerprint density at radius 2 is 2.05 bits per heavy atom. The van der Waals surface area contributed by atoms with Crippen LogP contribution in [0.15, 0.2) is 18.2 Å². The van der Waals surface area contributed by atoms with Gasteiger partial charge in [0.15, 0.2) is 0 Å². The molecule has 1 aromatic rings. The van der Waals surface area contributed by atoms with E-state index in [4.69, 9.17) is 0 Å². The lowest BCUT2D eigenvalue weighted by Crippen LogP contribution is -2.27. The van der Waals surface area contributed by atoms with E-state index in [1.165, 1.54) is 42.5 Å². The van der Waals surface area contributed by atoms with Gasteiger partial charge in [0.05, 0.1) is 0 Å². The first-order valence-corrected chi connectivity index (χ1v) is 7.47. The van der Waals surface area contributed by atoms with Gasteiger partial charge >= 0.3 is 0 Å². The van der Waals surface area contributed by atoms with Crippen LogP contribution in [-0.2, 0) is 17.6 Å². The van der Waals surface area contributed by atoms with Crippen LogP contribution in [-0.4, -0.2) is 18.5 Å². The molecule has 0 aliphatic heterocycles. The molecule has 0 radical (unpaired) electrons. The lowest BCUT2D eigenvalue weighted by Gasteiger charge is -2.20. The first-order valence-electron chi connectivity index (χ1n) is 7.47. The minimum absolute atomic E-state index is 0.180. The average Bonchev–Trinajstić information content (AvgIpc) is 3.23. The molecule has 1 fully saturated rings. The highest BCUT2D eigenvalue weighted by atomic mass is 16.1. The molecular formula is C16H22N2O. The van der Waals surface area contributed by atoms with E-state index >= 15 is 0 Å². The zero-order valence-corrected chi connectivity index (χ0v) is 11.4. The number of fused-ring (bicyclic) bond motifs is 1. The van der Waals surface area contributed by atoms with Crippen molar-refractivity contribution in [3.05, 3.63) is 29.3 Å². The molecule has 0 aromatic heterocycles. The smallest absolute Gasteiger partial charge is 0.221 e. The molecule has 0 bridgehead atoms. The lowest BCUT2D eigenvalue weighted by molar-refractivity contribution is -0.120. The fourth-order valence-corrected chi connectivity index (χ4v) is 2.79. The van der Waals surface area contributed by atoms with Crippen molar-refractivity contribution in [3.8, 4) is 0 Å². The molecule has 2 aliphatic rings. The van der Waals surface area contributed by atoms with Crippen LogP contribution in [0.2, 0.25) is 0 Å². The van der Waals surface area contributed by atoms with Gasteiger partial charge in [0.2, 0.25) is 5.91 Å². The quantitative estimate of drug-likeness (QED) is 0.852. The molecule has 0 heterocycles. The maximum absolute atomic E-state index is 11.6. The summed E-state index contributed by atoms with van der Waals surface area (Å²) in [7, 11) is 0. The summed E-state index contributed by atoms with van der Waals surface area (Å²) in [5, 5.41) is 6.46. The molecule has 3 nitrogen and oxygen atoms in total. The van der Waals surface area contributed by atoms with Crippen molar-refractivity contribution in [1.29, 1.82) is 0 Å². The molecule has 3 heteroatoms. The molecule has 0 unspecified atom stereocenters. The van der Waals surface area contributed by atoms with Gasteiger partial charge in [0, 0.05) is 24.7 Å². The molecular weight excluding hydrogens is 236 g/mol. The molecule has 1 saturated carbocycles. The molecule has 19 heavy (non-hydrogen) atoms. The maximum atomic E-state index is 11.6. The minimum atomic E-state index is 0.180. The van der Waals surface area contributed by atoms with Crippen LogP contribution in [0.3, 0.4) is 0 Å². The van der Waals surface area contributed by atoms with Crippen molar-refractivity contribution in [3.63, 3.8) is 0 Å². The normalized spacial score (nSPS) is 17.7. The second kappa shape index (κ2) is 5.64. The third kappa shape index (κ3) is 3.28. The number of benzene rings is 1. The van der Waals surface area contributed by atoms with Crippen LogP contribution in [0.5, 0.6) is 0 Å². The number of hydrogen-bond donors (Lipinski definition) is 2. The van der Waals surface area contributed by atoms with Crippen LogP contribution in [0, 0.1) is 0 Å². The largest absolute Gasteiger partial charge is 0.384 e. The highest BCUT2D eigenvalue weighted by Gasteiger charge is 2.22. The zero-order valence-electron chi connectivity index (χ0n) is 11.4. The fraction of sp³-hybridized carbons (Fsp3) is 0.562. The van der Waals surface area contributed by atoms with Crippen molar-refractivity contribution in [2.24, 2.45) is 0 Å². The van der Waals surface area contributed by atoms with E-state index in [1.54, 1.807) is 0 Å². The number of aryl methyl sites for hydroxylation is 1. The second-order valence-electron chi connectivity index (χ2n) is 5.67. The average molecular weight is 258 g/mol. The van der Waals surface area contributed by atoms with E-state index in [-0.39, 0.29) is 5.91 Å². The Hall–Kier alpha value is -1.51. The highest BCUT2D eigenvalue weighted by molar-refractivity contribution is 5.77. The summed E-state index contributed by atoms with van der Waals surface area (Å²) in [6, 6.07) is 6.97. The highest BCUT2D eigenvalue weighted by Crippen LogP contribution is 2.27. The van der Waals surface area contributed by atoms with Gasteiger partial charge in [-0.1, -0.05) is 12.1 Å². The Bertz CT molecular complexity index is 466. The predicted molar refractivity (Wildman–Crippen MR) is 77.4 cm³/mol. The first kappa shape index (κ1) is 12.5. The summed E-state index contributed by atoms with van der Waals surface area (Å²) < 4.78 is 0. The van der Waals surface area contributed by atoms with Gasteiger partial charge in [0.1, 0.15) is 0 Å². The van der Waals surface area contributed by atoms with Gasteiger partial charge in [0.25, 0.3) is 0 Å². The van der Waals surface area contributed by atoms with E-state index in [0.717, 1.165) is 19.4 Å². The Labute approximate surface area is 114 Å². The van der Waals surface area contributed by atoms with E-state index in [9.17, 15) is 4.79 Å². The Balaban J connectivity index is 1.53. The van der Waals surface area contributed by atoms with Crippen LogP contribution < -0.4 is 10.6 Å². The summed E-state index contributed by atoms with van der Waals surface area (Å²) >= 11 is 0. The summed E-state index contributed by atoms with van der Waals surface area (Å²) in [4.78, 5) is 11.6. The van der Waals surface area contributed by atoms with Gasteiger partial charge in [-0.05, 0) is 55.7 Å². The number of nitrogens with one attached hydrogen (secondary N) is 2. The minimum Gasteiger partial charge on any atom is -0.384 e. The lowest BCUT2D eigenvalue weighted by atomic mass is 9.90. The fourth-order valence-electron chi connectivity index (χ4n) is 2.79. The zero-order chi connectivity index (χ0) is 13.1. The van der Waals surface area contributed by atoms with Crippen LogP contribution >= 0.6 is 0 Å². The number of amides is 1. The Kier molecular flexibility index (Phi) is 3.72. The molecule has 2 aliphatic carbocycles. The summed E-state index contributed by atoms with van der Waals surface area (Å²) in [6.07, 6.45) is 7.85. The third-order valence-electron chi connectivity index (χ3n) is 4.01. The van der Waals surface area contributed by atoms with Gasteiger partial charge in [-0.25, -0.2) is 0 Å². The topological polar surface area (TPSA) is 41.1 Å². The number of hydrogen-bond acceptors (Lipinski definition) is 2. The second-order valence-corrected chi connectivity index (χ2v) is 5.67. The summed E-state index contributed by atoms with van der Waals surface area (Å²) in [5.41, 5.74) is 4.19. The van der Waals surface area contributed by atoms with Crippen molar-refractivity contribution >= 4 is 11.6 Å². The molecule has 0 spiro atoms. The predicted octanol–water partition coefficient (Wildman–Crippen LogP) is 2.65. The maximum Gasteiger partial charge on any atom is 0.221 e. The number of carbonyl (C=O) groups excluding carboxylic acids is 1. The van der Waals surface area contributed by atoms with Crippen LogP contribution in [0.4, 0.5) is 5.69 Å². The van der Waals surface area contributed by atoms with Gasteiger partial charge in [-0.15, -0.1) is 0 Å². The van der Waals surface area contributed by atoms with Crippen molar-refractivity contribution in [2.45, 2.75) is 51.0 Å². The molecule has 102 valence electrons. The first-order chi connectivity index (χ1) is 9.33. The number of anilines is 1. The summed E-state index contributed by atoms with van der Waals surface area (Å²) in [5.74, 6) is 0.180. The standard InChI is InChI=1S/C16H22N2O/c19-16(18-13-8-9-13)10-11-17-15-7-3-5-12-4-1-2-6-14(12)15/h3,5,7,13,17H,1-2,4,6,8-11H2,(H,18,19). The molecule has 1 aromatic carbocycles. The number of carbonyl (C=O) groups is 1. The Morgan fingerprint density at radius 3 is 2.89 bits per heavy atom. The molecule has 0 saturated heterocycles. The van der Waals surface area contributed by atoms with Gasteiger partial charge in [-0.2, -0.15) is 0 Å². The van der Waals surface area contributed by atoms with E-state index in [0.29, 0.717) is 12.5 Å². The van der Waals surface area contributed by atoms with Crippen molar-refractivity contribution in [1.82, 2.24) is 5.32 Å². The van der Waals surface area contributed by atoms with Gasteiger partial charge < -0.3 is 10.6 Å². The van der Waals surface area contributed by atoms with E-state index < -0.39 is 0 Å². The van der Waals surface area contributed by atoms with E-state index in [2.05, 4.69) is 28.8 Å². The van der Waals surface area contributed by atoms with Crippen molar-refractivity contribution in [2.75, 3.05) is 11.9 Å². The monoisotopic (exact) mass is 258 g/mol. The van der Waals surface area contributed by atoms with Crippen molar-refractivity contribution < 1.29 is 4.79 Å². The molecule has 3 rings (SSSR count). The molecule has 1 amide bonds. The Morgan fingerprint density at radius 1 is 1.21 bits per heavy atom. The van der Waals surface area contributed by atoms with Crippen LogP contribution in [0.25, 0.3) is 0 Å². The molecule has 0 atom stereocenters.